The van der Waals surface area contributed by atoms with Gasteiger partial charge in [0.2, 0.25) is 0 Å². The molecule has 1 atom stereocenters. The number of rotatable bonds is 6. The van der Waals surface area contributed by atoms with E-state index in [2.05, 4.69) is 0 Å². The van der Waals surface area contributed by atoms with Gasteiger partial charge in [-0.15, -0.1) is 0 Å². The highest BCUT2D eigenvalue weighted by atomic mass is 16.5. The van der Waals surface area contributed by atoms with E-state index in [1.807, 2.05) is 48.6 Å². The molecule has 1 N–H and O–H groups in total. The summed E-state index contributed by atoms with van der Waals surface area (Å²) in [5.41, 5.74) is 0.618. The van der Waals surface area contributed by atoms with Crippen LogP contribution < -0.4 is 0 Å². The van der Waals surface area contributed by atoms with Crippen molar-refractivity contribution in [1.29, 1.82) is 0 Å². The van der Waals surface area contributed by atoms with Crippen molar-refractivity contribution in [2.24, 2.45) is 0 Å². The number of esters is 1. The largest absolute Gasteiger partial charge is 0.466 e. The Labute approximate surface area is 120 Å². The minimum Gasteiger partial charge on any atom is -0.466 e. The van der Waals surface area contributed by atoms with E-state index in [0.29, 0.717) is 6.61 Å². The summed E-state index contributed by atoms with van der Waals surface area (Å²) in [5, 5.41) is 10.3. The zero-order valence-electron chi connectivity index (χ0n) is 12.3. The van der Waals surface area contributed by atoms with Gasteiger partial charge in [0.05, 0.1) is 18.6 Å². The van der Waals surface area contributed by atoms with Crippen LogP contribution in [0.25, 0.3) is 6.08 Å². The maximum Gasteiger partial charge on any atom is 0.309 e. The highest BCUT2D eigenvalue weighted by Crippen LogP contribution is 2.21. The van der Waals surface area contributed by atoms with Crippen molar-refractivity contribution < 1.29 is 14.6 Å². The summed E-state index contributed by atoms with van der Waals surface area (Å²) in [7, 11) is 0. The topological polar surface area (TPSA) is 46.5 Å². The first kappa shape index (κ1) is 16.2. The standard InChI is InChI=1S/C17H22O3/c1-4-20-16(18)13-17(3,19)14(2)9-8-12-15-10-6-5-7-11-15/h5-12,19H,4,13H2,1-3H3. The number of aliphatic hydroxyl groups is 1. The quantitative estimate of drug-likeness (QED) is 0.639. The zero-order valence-corrected chi connectivity index (χ0v) is 12.3. The van der Waals surface area contributed by atoms with Crippen LogP contribution >= 0.6 is 0 Å². The summed E-state index contributed by atoms with van der Waals surface area (Å²) < 4.78 is 4.86. The van der Waals surface area contributed by atoms with Crippen LogP contribution in [0.2, 0.25) is 0 Å². The van der Waals surface area contributed by atoms with E-state index < -0.39 is 11.6 Å². The number of carbonyl (C=O) groups excluding carboxylic acids is 1. The van der Waals surface area contributed by atoms with Gasteiger partial charge in [-0.2, -0.15) is 0 Å². The normalized spacial score (nSPS) is 15.1. The third-order valence-electron chi connectivity index (χ3n) is 3.08. The molecule has 0 aliphatic heterocycles. The molecule has 20 heavy (non-hydrogen) atoms. The SMILES string of the molecule is CCOC(=O)CC(C)(O)C(C)=CC=Cc1ccccc1. The first-order valence-electron chi connectivity index (χ1n) is 6.74. The van der Waals surface area contributed by atoms with Crippen LogP contribution in [-0.2, 0) is 9.53 Å². The fourth-order valence-corrected chi connectivity index (χ4v) is 1.68. The molecule has 0 bridgehead atoms. The second-order valence-corrected chi connectivity index (χ2v) is 4.88. The Bertz CT molecular complexity index is 484. The first-order chi connectivity index (χ1) is 9.45. The highest BCUT2D eigenvalue weighted by molar-refractivity contribution is 5.71. The molecule has 3 nitrogen and oxygen atoms in total. The molecule has 0 spiro atoms. The van der Waals surface area contributed by atoms with Gasteiger partial charge in [-0.3, -0.25) is 4.79 Å². The summed E-state index contributed by atoms with van der Waals surface area (Å²) in [6.45, 7) is 5.49. The molecule has 1 rings (SSSR count). The van der Waals surface area contributed by atoms with Crippen molar-refractivity contribution in [2.45, 2.75) is 32.8 Å². The van der Waals surface area contributed by atoms with Gasteiger partial charge in [-0.1, -0.05) is 48.6 Å². The van der Waals surface area contributed by atoms with E-state index in [1.54, 1.807) is 20.8 Å². The lowest BCUT2D eigenvalue weighted by Crippen LogP contribution is -2.30. The molecule has 0 amide bonds. The predicted octanol–water partition coefficient (Wildman–Crippen LogP) is 3.35. The Morgan fingerprint density at radius 1 is 1.35 bits per heavy atom. The Morgan fingerprint density at radius 3 is 2.60 bits per heavy atom. The van der Waals surface area contributed by atoms with E-state index in [-0.39, 0.29) is 6.42 Å². The van der Waals surface area contributed by atoms with Crippen LogP contribution in [0.1, 0.15) is 32.8 Å². The Balaban J connectivity index is 2.67. The van der Waals surface area contributed by atoms with Crippen molar-refractivity contribution in [3.05, 3.63) is 53.6 Å². The maximum atomic E-state index is 11.4. The molecule has 0 fully saturated rings. The van der Waals surface area contributed by atoms with Gasteiger partial charge >= 0.3 is 5.97 Å². The second-order valence-electron chi connectivity index (χ2n) is 4.88. The van der Waals surface area contributed by atoms with Crippen LogP contribution in [0.5, 0.6) is 0 Å². The number of allylic oxidation sites excluding steroid dienone is 2. The van der Waals surface area contributed by atoms with Gasteiger partial charge in [0.15, 0.2) is 0 Å². The molecule has 1 aromatic carbocycles. The highest BCUT2D eigenvalue weighted by Gasteiger charge is 2.26. The Morgan fingerprint density at radius 2 is 2.00 bits per heavy atom. The maximum absolute atomic E-state index is 11.4. The number of hydrogen-bond acceptors (Lipinski definition) is 3. The molecule has 1 aromatic rings. The summed E-state index contributed by atoms with van der Waals surface area (Å²) in [6, 6.07) is 9.88. The molecule has 0 aliphatic rings. The monoisotopic (exact) mass is 274 g/mol. The molecule has 0 heterocycles. The van der Waals surface area contributed by atoms with Crippen molar-refractivity contribution in [3.63, 3.8) is 0 Å². The molecule has 3 heteroatoms. The molecule has 1 unspecified atom stereocenters. The van der Waals surface area contributed by atoms with Crippen molar-refractivity contribution in [2.75, 3.05) is 6.61 Å². The van der Waals surface area contributed by atoms with Crippen LogP contribution in [0.4, 0.5) is 0 Å². The third kappa shape index (κ3) is 5.41. The lowest BCUT2D eigenvalue weighted by molar-refractivity contribution is -0.146. The number of carbonyl (C=O) groups is 1. The molecular formula is C17H22O3. The van der Waals surface area contributed by atoms with Crippen LogP contribution in [-0.4, -0.2) is 23.3 Å². The molecule has 0 radical (unpaired) electrons. The predicted molar refractivity (Wildman–Crippen MR) is 81.1 cm³/mol. The summed E-state index contributed by atoms with van der Waals surface area (Å²) >= 11 is 0. The number of ether oxygens (including phenoxy) is 1. The summed E-state index contributed by atoms with van der Waals surface area (Å²) in [4.78, 5) is 11.4. The minimum absolute atomic E-state index is 0.0393. The van der Waals surface area contributed by atoms with Crippen molar-refractivity contribution in [3.8, 4) is 0 Å². The molecule has 0 saturated carbocycles. The van der Waals surface area contributed by atoms with Crippen LogP contribution in [0.15, 0.2) is 48.1 Å². The molecular weight excluding hydrogens is 252 g/mol. The smallest absolute Gasteiger partial charge is 0.309 e. The number of benzene rings is 1. The fraction of sp³-hybridized carbons (Fsp3) is 0.353. The van der Waals surface area contributed by atoms with Gasteiger partial charge in [0.1, 0.15) is 0 Å². The molecule has 0 aliphatic carbocycles. The lowest BCUT2D eigenvalue weighted by Gasteiger charge is -2.23. The Hall–Kier alpha value is -1.87. The van der Waals surface area contributed by atoms with Crippen LogP contribution in [0.3, 0.4) is 0 Å². The van der Waals surface area contributed by atoms with E-state index in [1.165, 1.54) is 0 Å². The van der Waals surface area contributed by atoms with Gasteiger partial charge < -0.3 is 9.84 Å². The van der Waals surface area contributed by atoms with Gasteiger partial charge in [-0.25, -0.2) is 0 Å². The van der Waals surface area contributed by atoms with E-state index >= 15 is 0 Å². The van der Waals surface area contributed by atoms with Crippen LogP contribution in [0, 0.1) is 0 Å². The fourth-order valence-electron chi connectivity index (χ4n) is 1.68. The van der Waals surface area contributed by atoms with Crippen molar-refractivity contribution in [1.82, 2.24) is 0 Å². The molecule has 0 aromatic heterocycles. The van der Waals surface area contributed by atoms with Crippen molar-refractivity contribution >= 4 is 12.0 Å². The van der Waals surface area contributed by atoms with E-state index in [9.17, 15) is 9.90 Å². The molecule has 0 saturated heterocycles. The summed E-state index contributed by atoms with van der Waals surface area (Å²) in [5.74, 6) is -0.391. The average molecular weight is 274 g/mol. The van der Waals surface area contributed by atoms with Gasteiger partial charge in [0.25, 0.3) is 0 Å². The second kappa shape index (κ2) is 7.65. The van der Waals surface area contributed by atoms with Gasteiger partial charge in [-0.05, 0) is 31.9 Å². The zero-order chi connectivity index (χ0) is 15.0. The van der Waals surface area contributed by atoms with E-state index in [0.717, 1.165) is 11.1 Å². The lowest BCUT2D eigenvalue weighted by atomic mass is 9.93. The molecule has 108 valence electrons. The first-order valence-corrected chi connectivity index (χ1v) is 6.74. The minimum atomic E-state index is -1.19. The van der Waals surface area contributed by atoms with Gasteiger partial charge in [0, 0.05) is 0 Å². The Kier molecular flexibility index (Phi) is 6.19. The summed E-state index contributed by atoms with van der Waals surface area (Å²) in [6.07, 6.45) is 5.59. The third-order valence-corrected chi connectivity index (χ3v) is 3.08. The average Bonchev–Trinajstić information content (AvgIpc) is 2.39. The number of hydrogen-bond donors (Lipinski definition) is 1. The van der Waals surface area contributed by atoms with E-state index in [4.69, 9.17) is 4.74 Å².